The maximum atomic E-state index is 12.3. The van der Waals surface area contributed by atoms with Gasteiger partial charge < -0.3 is 9.69 Å². The van der Waals surface area contributed by atoms with Crippen molar-refractivity contribution < 1.29 is 9.59 Å². The van der Waals surface area contributed by atoms with Crippen molar-refractivity contribution in [2.24, 2.45) is 0 Å². The monoisotopic (exact) mass is 286 g/mol. The molecule has 1 aromatic carbocycles. The second-order valence-corrected chi connectivity index (χ2v) is 5.69. The highest BCUT2D eigenvalue weighted by molar-refractivity contribution is 5.95. The number of nitrogens with zero attached hydrogens (tertiary/aromatic N) is 2. The fourth-order valence-corrected chi connectivity index (χ4v) is 2.40. The zero-order valence-corrected chi connectivity index (χ0v) is 12.9. The van der Waals surface area contributed by atoms with Crippen molar-refractivity contribution in [3.8, 4) is 0 Å². The van der Waals surface area contributed by atoms with Gasteiger partial charge in [-0.05, 0) is 39.1 Å². The molecule has 4 nitrogen and oxygen atoms in total. The van der Waals surface area contributed by atoms with E-state index in [1.165, 1.54) is 12.5 Å². The second-order valence-electron chi connectivity index (χ2n) is 5.69. The molecule has 0 aliphatic carbocycles. The van der Waals surface area contributed by atoms with Gasteiger partial charge in [0.25, 0.3) is 0 Å². The number of Topliss-reactive ketones (excluding diaryl/α,β-unsaturated/α-hetero) is 1. The molecule has 0 saturated carbocycles. The number of rotatable bonds is 6. The van der Waals surface area contributed by atoms with Crippen LogP contribution in [0.3, 0.4) is 0 Å². The third kappa shape index (κ3) is 3.79. The smallest absolute Gasteiger partial charge is 0.231 e. The number of carbonyl (C=O) groups excluding carboxylic acids is 2. The number of likely N-dealkylation sites (N-methyl/N-ethyl adjacent to an activating group) is 1. The zero-order chi connectivity index (χ0) is 15.4. The van der Waals surface area contributed by atoms with Crippen LogP contribution in [0.25, 0.3) is 10.9 Å². The molecule has 2 aromatic rings. The van der Waals surface area contributed by atoms with Crippen molar-refractivity contribution in [3.05, 3.63) is 36.0 Å². The van der Waals surface area contributed by atoms with E-state index in [1.54, 1.807) is 4.57 Å². The molecule has 21 heavy (non-hydrogen) atoms. The van der Waals surface area contributed by atoms with Crippen LogP contribution in [0.15, 0.2) is 30.5 Å². The number of hydrogen-bond acceptors (Lipinski definition) is 3. The van der Waals surface area contributed by atoms with Crippen molar-refractivity contribution in [1.29, 1.82) is 0 Å². The van der Waals surface area contributed by atoms with Crippen molar-refractivity contribution in [2.75, 3.05) is 20.6 Å². The van der Waals surface area contributed by atoms with Crippen molar-refractivity contribution >= 4 is 22.6 Å². The Bertz CT molecular complexity index is 656. The van der Waals surface area contributed by atoms with E-state index < -0.39 is 0 Å². The molecule has 0 N–H and O–H groups in total. The lowest BCUT2D eigenvalue weighted by atomic mass is 10.1. The topological polar surface area (TPSA) is 42.3 Å². The van der Waals surface area contributed by atoms with Crippen molar-refractivity contribution in [1.82, 2.24) is 9.47 Å². The lowest BCUT2D eigenvalue weighted by Crippen LogP contribution is -2.15. The number of benzene rings is 1. The number of carbonyl (C=O) groups is 2. The van der Waals surface area contributed by atoms with Crippen LogP contribution in [-0.4, -0.2) is 41.8 Å². The Kier molecular flexibility index (Phi) is 4.91. The van der Waals surface area contributed by atoms with Crippen LogP contribution < -0.4 is 0 Å². The third-order valence-electron chi connectivity index (χ3n) is 3.58. The van der Waals surface area contributed by atoms with Gasteiger partial charge in [0.2, 0.25) is 5.91 Å². The Morgan fingerprint density at radius 3 is 2.52 bits per heavy atom. The summed E-state index contributed by atoms with van der Waals surface area (Å²) in [5.74, 6) is 0.0325. The fraction of sp³-hybridized carbons (Fsp3) is 0.412. The SMILES string of the molecule is CC(=O)CCC(=O)n1cc(CCN(C)C)c2ccccc21. The van der Waals surface area contributed by atoms with Crippen LogP contribution in [-0.2, 0) is 11.2 Å². The minimum atomic E-state index is -0.0162. The van der Waals surface area contributed by atoms with Gasteiger partial charge in [0.05, 0.1) is 5.52 Å². The van der Waals surface area contributed by atoms with E-state index in [9.17, 15) is 9.59 Å². The van der Waals surface area contributed by atoms with Crippen LogP contribution in [0, 0.1) is 0 Å². The molecular formula is C17H22N2O2. The van der Waals surface area contributed by atoms with Crippen molar-refractivity contribution in [2.45, 2.75) is 26.2 Å². The minimum absolute atomic E-state index is 0.0162. The predicted octanol–water partition coefficient (Wildman–Crippen LogP) is 2.75. The summed E-state index contributed by atoms with van der Waals surface area (Å²) in [6.07, 6.45) is 3.40. The number of hydrogen-bond donors (Lipinski definition) is 0. The lowest BCUT2D eigenvalue weighted by molar-refractivity contribution is -0.117. The molecule has 112 valence electrons. The minimum Gasteiger partial charge on any atom is -0.309 e. The Morgan fingerprint density at radius 2 is 1.86 bits per heavy atom. The van der Waals surface area contributed by atoms with E-state index in [0.717, 1.165) is 23.9 Å². The van der Waals surface area contributed by atoms with E-state index in [0.29, 0.717) is 6.42 Å². The Morgan fingerprint density at radius 1 is 1.14 bits per heavy atom. The quantitative estimate of drug-likeness (QED) is 0.820. The molecule has 0 radical (unpaired) electrons. The van der Waals surface area contributed by atoms with Crippen molar-refractivity contribution in [3.63, 3.8) is 0 Å². The van der Waals surface area contributed by atoms with E-state index in [4.69, 9.17) is 0 Å². The van der Waals surface area contributed by atoms with Crippen LogP contribution in [0.4, 0.5) is 0 Å². The van der Waals surface area contributed by atoms with Gasteiger partial charge in [-0.3, -0.25) is 9.36 Å². The zero-order valence-electron chi connectivity index (χ0n) is 12.9. The molecule has 0 atom stereocenters. The van der Waals surface area contributed by atoms with Gasteiger partial charge in [0.1, 0.15) is 5.78 Å². The molecule has 0 bridgehead atoms. The van der Waals surface area contributed by atoms with Crippen LogP contribution in [0.2, 0.25) is 0 Å². The predicted molar refractivity (Wildman–Crippen MR) is 84.7 cm³/mol. The average Bonchev–Trinajstić information content (AvgIpc) is 2.81. The van der Waals surface area contributed by atoms with Gasteiger partial charge >= 0.3 is 0 Å². The summed E-state index contributed by atoms with van der Waals surface area (Å²) in [4.78, 5) is 25.5. The summed E-state index contributed by atoms with van der Waals surface area (Å²) in [5.41, 5.74) is 2.11. The highest BCUT2D eigenvalue weighted by Gasteiger charge is 2.13. The standard InChI is InChI=1S/C17H22N2O2/c1-13(20)8-9-17(21)19-12-14(10-11-18(2)3)15-6-4-5-7-16(15)19/h4-7,12H,8-11H2,1-3H3. The van der Waals surface area contributed by atoms with E-state index >= 15 is 0 Å². The molecule has 0 spiro atoms. The van der Waals surface area contributed by atoms with Gasteiger partial charge in [0.15, 0.2) is 0 Å². The maximum absolute atomic E-state index is 12.3. The Balaban J connectivity index is 2.31. The Hall–Kier alpha value is -1.94. The second kappa shape index (κ2) is 6.68. The number of fused-ring (bicyclic) bond motifs is 1. The molecule has 1 aromatic heterocycles. The molecule has 0 aliphatic heterocycles. The molecule has 0 aliphatic rings. The van der Waals surface area contributed by atoms with Crippen LogP contribution in [0.5, 0.6) is 0 Å². The molecule has 0 unspecified atom stereocenters. The highest BCUT2D eigenvalue weighted by Crippen LogP contribution is 2.22. The van der Waals surface area contributed by atoms with Gasteiger partial charge in [-0.1, -0.05) is 18.2 Å². The molecule has 0 amide bonds. The van der Waals surface area contributed by atoms with Crippen LogP contribution >= 0.6 is 0 Å². The van der Waals surface area contributed by atoms with Gasteiger partial charge in [0, 0.05) is 31.0 Å². The third-order valence-corrected chi connectivity index (χ3v) is 3.58. The largest absolute Gasteiger partial charge is 0.309 e. The van der Waals surface area contributed by atoms with Gasteiger partial charge in [-0.15, -0.1) is 0 Å². The first-order valence-corrected chi connectivity index (χ1v) is 7.25. The number of para-hydroxylation sites is 1. The van der Waals surface area contributed by atoms with Gasteiger partial charge in [-0.25, -0.2) is 0 Å². The van der Waals surface area contributed by atoms with E-state index in [2.05, 4.69) is 11.0 Å². The number of ketones is 1. The summed E-state index contributed by atoms with van der Waals surface area (Å²) in [6.45, 7) is 2.46. The summed E-state index contributed by atoms with van der Waals surface area (Å²) in [5, 5.41) is 1.12. The molecule has 4 heteroatoms. The van der Waals surface area contributed by atoms with Gasteiger partial charge in [-0.2, -0.15) is 0 Å². The van der Waals surface area contributed by atoms with E-state index in [-0.39, 0.29) is 18.1 Å². The summed E-state index contributed by atoms with van der Waals surface area (Å²) >= 11 is 0. The Labute approximate surface area is 125 Å². The maximum Gasteiger partial charge on any atom is 0.231 e. The molecule has 1 heterocycles. The average molecular weight is 286 g/mol. The molecule has 0 saturated heterocycles. The van der Waals surface area contributed by atoms with Crippen LogP contribution in [0.1, 0.15) is 30.1 Å². The summed E-state index contributed by atoms with van der Waals surface area (Å²) < 4.78 is 1.70. The molecular weight excluding hydrogens is 264 g/mol. The first kappa shape index (κ1) is 15.4. The summed E-state index contributed by atoms with van der Waals surface area (Å²) in [6, 6.07) is 7.94. The highest BCUT2D eigenvalue weighted by atomic mass is 16.2. The normalized spacial score (nSPS) is 11.2. The fourth-order valence-electron chi connectivity index (χ4n) is 2.40. The lowest BCUT2D eigenvalue weighted by Gasteiger charge is -2.07. The number of aromatic nitrogens is 1. The molecule has 2 rings (SSSR count). The first-order chi connectivity index (χ1) is 9.99. The first-order valence-electron chi connectivity index (χ1n) is 7.25. The van der Waals surface area contributed by atoms with E-state index in [1.807, 2.05) is 38.5 Å². The summed E-state index contributed by atoms with van der Waals surface area (Å²) in [7, 11) is 4.08. The molecule has 0 fully saturated rings.